The number of rotatable bonds is 3. The van der Waals surface area contributed by atoms with Crippen LogP contribution in [0.15, 0.2) is 42.7 Å². The van der Waals surface area contributed by atoms with E-state index >= 15 is 0 Å². The molecule has 0 unspecified atom stereocenters. The van der Waals surface area contributed by atoms with Crippen LogP contribution in [0.2, 0.25) is 0 Å². The van der Waals surface area contributed by atoms with E-state index < -0.39 is 0 Å². The molecule has 1 fully saturated rings. The van der Waals surface area contributed by atoms with Gasteiger partial charge >= 0.3 is 0 Å². The topological polar surface area (TPSA) is 75.3 Å². The molecule has 8 nitrogen and oxygen atoms in total. The van der Waals surface area contributed by atoms with Gasteiger partial charge in [0.25, 0.3) is 0 Å². The zero-order chi connectivity index (χ0) is 18.2. The van der Waals surface area contributed by atoms with Crippen molar-refractivity contribution < 1.29 is 0 Å². The first-order valence-electron chi connectivity index (χ1n) is 9.25. The van der Waals surface area contributed by atoms with E-state index in [1.54, 1.807) is 12.4 Å². The van der Waals surface area contributed by atoms with Gasteiger partial charge in [-0.25, -0.2) is 15.0 Å². The van der Waals surface area contributed by atoms with Crippen molar-refractivity contribution in [3.63, 3.8) is 0 Å². The summed E-state index contributed by atoms with van der Waals surface area (Å²) in [5, 5.41) is 8.86. The van der Waals surface area contributed by atoms with Crippen molar-refractivity contribution in [2.75, 3.05) is 36.0 Å². The van der Waals surface area contributed by atoms with Crippen LogP contribution in [0.3, 0.4) is 0 Å². The van der Waals surface area contributed by atoms with Crippen LogP contribution in [-0.2, 0) is 6.42 Å². The van der Waals surface area contributed by atoms with Crippen LogP contribution in [0.4, 0.5) is 11.8 Å². The minimum absolute atomic E-state index is 0.782. The van der Waals surface area contributed by atoms with E-state index in [0.29, 0.717) is 0 Å². The Bertz CT molecular complexity index is 1080. The lowest BCUT2D eigenvalue weighted by Gasteiger charge is -2.35. The van der Waals surface area contributed by atoms with E-state index in [1.807, 2.05) is 24.3 Å². The molecule has 0 radical (unpaired) electrons. The smallest absolute Gasteiger partial charge is 0.225 e. The predicted octanol–water partition coefficient (Wildman–Crippen LogP) is 1.96. The lowest BCUT2D eigenvalue weighted by molar-refractivity contribution is 0.635. The van der Waals surface area contributed by atoms with Gasteiger partial charge in [0.05, 0.1) is 11.0 Å². The SMILES string of the molecule is CCc1nnc2c(N3CCN(c4ncccn4)CC3)nc3ccccc3n12. The molecule has 5 rings (SSSR count). The fraction of sp³-hybridized carbons (Fsp3) is 0.316. The Morgan fingerprint density at radius 2 is 1.63 bits per heavy atom. The van der Waals surface area contributed by atoms with Gasteiger partial charge in [0.2, 0.25) is 11.6 Å². The van der Waals surface area contributed by atoms with Crippen molar-refractivity contribution in [3.8, 4) is 0 Å². The van der Waals surface area contributed by atoms with Gasteiger partial charge in [-0.3, -0.25) is 4.40 Å². The summed E-state index contributed by atoms with van der Waals surface area (Å²) in [7, 11) is 0. The third-order valence-electron chi connectivity index (χ3n) is 5.01. The van der Waals surface area contributed by atoms with E-state index in [4.69, 9.17) is 4.98 Å². The average molecular weight is 360 g/mol. The Morgan fingerprint density at radius 3 is 2.41 bits per heavy atom. The second kappa shape index (κ2) is 6.46. The van der Waals surface area contributed by atoms with Gasteiger partial charge < -0.3 is 9.80 Å². The normalized spacial score (nSPS) is 15.0. The van der Waals surface area contributed by atoms with E-state index in [1.165, 1.54) is 0 Å². The zero-order valence-corrected chi connectivity index (χ0v) is 15.2. The second-order valence-electron chi connectivity index (χ2n) is 6.58. The molecular weight excluding hydrogens is 340 g/mol. The molecule has 0 N–H and O–H groups in total. The molecule has 3 aromatic heterocycles. The number of aryl methyl sites for hydroxylation is 1. The highest BCUT2D eigenvalue weighted by atomic mass is 15.4. The monoisotopic (exact) mass is 360 g/mol. The zero-order valence-electron chi connectivity index (χ0n) is 15.2. The number of benzene rings is 1. The molecular formula is C19H20N8. The third-order valence-corrected chi connectivity index (χ3v) is 5.01. The number of fused-ring (bicyclic) bond motifs is 3. The second-order valence-corrected chi connectivity index (χ2v) is 6.58. The van der Waals surface area contributed by atoms with Crippen LogP contribution >= 0.6 is 0 Å². The minimum atomic E-state index is 0.782. The fourth-order valence-electron chi connectivity index (χ4n) is 3.64. The lowest BCUT2D eigenvalue weighted by atomic mass is 10.2. The van der Waals surface area contributed by atoms with Gasteiger partial charge in [-0.05, 0) is 18.2 Å². The van der Waals surface area contributed by atoms with Gasteiger partial charge in [-0.15, -0.1) is 10.2 Å². The number of aromatic nitrogens is 6. The quantitative estimate of drug-likeness (QED) is 0.553. The van der Waals surface area contributed by atoms with Crippen LogP contribution in [0.5, 0.6) is 0 Å². The Hall–Kier alpha value is -3.29. The Balaban J connectivity index is 1.53. The molecule has 0 amide bonds. The number of nitrogens with zero attached hydrogens (tertiary/aromatic N) is 8. The maximum Gasteiger partial charge on any atom is 0.225 e. The third kappa shape index (κ3) is 2.64. The maximum atomic E-state index is 4.93. The van der Waals surface area contributed by atoms with Crippen molar-refractivity contribution in [1.29, 1.82) is 0 Å². The maximum absolute atomic E-state index is 4.93. The van der Waals surface area contributed by atoms with Crippen molar-refractivity contribution in [2.24, 2.45) is 0 Å². The molecule has 0 atom stereocenters. The summed E-state index contributed by atoms with van der Waals surface area (Å²) < 4.78 is 2.14. The summed E-state index contributed by atoms with van der Waals surface area (Å²) in [4.78, 5) is 18.1. The average Bonchev–Trinajstić information content (AvgIpc) is 3.18. The number of hydrogen-bond donors (Lipinski definition) is 0. The van der Waals surface area contributed by atoms with Gasteiger partial charge in [0.15, 0.2) is 5.82 Å². The molecule has 0 spiro atoms. The fourth-order valence-corrected chi connectivity index (χ4v) is 3.64. The van der Waals surface area contributed by atoms with Gasteiger partial charge in [0, 0.05) is 45.0 Å². The summed E-state index contributed by atoms with van der Waals surface area (Å²) in [5.74, 6) is 2.64. The highest BCUT2D eigenvalue weighted by Crippen LogP contribution is 2.26. The molecule has 27 heavy (non-hydrogen) atoms. The summed E-state index contributed by atoms with van der Waals surface area (Å²) in [6, 6.07) is 10.0. The van der Waals surface area contributed by atoms with E-state index in [0.717, 1.165) is 66.9 Å². The van der Waals surface area contributed by atoms with Crippen LogP contribution in [0.25, 0.3) is 16.7 Å². The molecule has 1 saturated heterocycles. The first-order chi connectivity index (χ1) is 13.3. The van der Waals surface area contributed by atoms with Crippen molar-refractivity contribution in [1.82, 2.24) is 29.5 Å². The molecule has 0 aliphatic carbocycles. The molecule has 8 heteroatoms. The summed E-state index contributed by atoms with van der Waals surface area (Å²) in [6.45, 7) is 5.48. The van der Waals surface area contributed by atoms with Gasteiger partial charge in [-0.2, -0.15) is 0 Å². The molecule has 1 aromatic carbocycles. The van der Waals surface area contributed by atoms with Gasteiger partial charge in [0.1, 0.15) is 5.82 Å². The molecule has 1 aliphatic heterocycles. The van der Waals surface area contributed by atoms with Crippen LogP contribution in [-0.4, -0.2) is 55.7 Å². The molecule has 1 aliphatic rings. The van der Waals surface area contributed by atoms with Crippen molar-refractivity contribution >= 4 is 28.4 Å². The molecule has 136 valence electrons. The molecule has 0 bridgehead atoms. The highest BCUT2D eigenvalue weighted by molar-refractivity contribution is 5.83. The van der Waals surface area contributed by atoms with Crippen molar-refractivity contribution in [2.45, 2.75) is 13.3 Å². The summed E-state index contributed by atoms with van der Waals surface area (Å²) in [5.41, 5.74) is 2.84. The number of para-hydroxylation sites is 2. The van der Waals surface area contributed by atoms with Gasteiger partial charge in [-0.1, -0.05) is 19.1 Å². The van der Waals surface area contributed by atoms with Crippen molar-refractivity contribution in [3.05, 3.63) is 48.5 Å². The first-order valence-corrected chi connectivity index (χ1v) is 9.25. The van der Waals surface area contributed by atoms with Crippen LogP contribution < -0.4 is 9.80 Å². The Kier molecular flexibility index (Phi) is 3.81. The molecule has 4 heterocycles. The largest absolute Gasteiger partial charge is 0.350 e. The number of anilines is 2. The van der Waals surface area contributed by atoms with E-state index in [2.05, 4.69) is 47.4 Å². The Labute approximate surface area is 156 Å². The summed E-state index contributed by atoms with van der Waals surface area (Å²) in [6.07, 6.45) is 4.39. The number of hydrogen-bond acceptors (Lipinski definition) is 7. The molecule has 0 saturated carbocycles. The lowest BCUT2D eigenvalue weighted by Crippen LogP contribution is -2.47. The van der Waals surface area contributed by atoms with Crippen LogP contribution in [0.1, 0.15) is 12.7 Å². The first kappa shape index (κ1) is 15.9. The Morgan fingerprint density at radius 1 is 0.889 bits per heavy atom. The van der Waals surface area contributed by atoms with Crippen LogP contribution in [0, 0.1) is 0 Å². The minimum Gasteiger partial charge on any atom is -0.350 e. The predicted molar refractivity (Wildman–Crippen MR) is 104 cm³/mol. The number of piperazine rings is 1. The standard InChI is InChI=1S/C19H20N8/c1-2-16-23-24-18-17(22-14-6-3-4-7-15(14)27(16)18)25-10-12-26(13-11-25)19-20-8-5-9-21-19/h3-9H,2,10-13H2,1H3. The summed E-state index contributed by atoms with van der Waals surface area (Å²) >= 11 is 0. The van der Waals surface area contributed by atoms with E-state index in [9.17, 15) is 0 Å². The molecule has 4 aromatic rings. The van der Waals surface area contributed by atoms with E-state index in [-0.39, 0.29) is 0 Å². The highest BCUT2D eigenvalue weighted by Gasteiger charge is 2.24.